The van der Waals surface area contributed by atoms with Gasteiger partial charge < -0.3 is 15.6 Å². The lowest BCUT2D eigenvalue weighted by atomic mass is 10.2. The second kappa shape index (κ2) is 5.89. The second-order valence-electron chi connectivity index (χ2n) is 6.73. The number of hydrogen-bond acceptors (Lipinski definition) is 7. The first-order valence-electron chi connectivity index (χ1n) is 8.69. The molecule has 11 heteroatoms. The number of aryl methyl sites for hydroxylation is 1. The van der Waals surface area contributed by atoms with Gasteiger partial charge in [-0.3, -0.25) is 14.5 Å². The van der Waals surface area contributed by atoms with E-state index in [-0.39, 0.29) is 12.1 Å². The van der Waals surface area contributed by atoms with Crippen LogP contribution in [0.4, 0.5) is 5.82 Å². The monoisotopic (exact) mass is 379 g/mol. The zero-order valence-corrected chi connectivity index (χ0v) is 15.0. The highest BCUT2D eigenvalue weighted by molar-refractivity contribution is 5.77. The van der Waals surface area contributed by atoms with Crippen molar-refractivity contribution >= 4 is 11.5 Å². The van der Waals surface area contributed by atoms with Crippen LogP contribution < -0.4 is 21.9 Å². The Morgan fingerprint density at radius 3 is 2.79 bits per heavy atom. The molecule has 0 fully saturated rings. The first kappa shape index (κ1) is 16.4. The maximum Gasteiger partial charge on any atom is 0.325 e. The van der Waals surface area contributed by atoms with Crippen LogP contribution in [0.1, 0.15) is 17.0 Å². The summed E-state index contributed by atoms with van der Waals surface area (Å²) in [5.74, 6) is 0.662. The van der Waals surface area contributed by atoms with E-state index in [0.717, 1.165) is 16.8 Å². The molecule has 4 aromatic rings. The fraction of sp³-hybridized carbons (Fsp3) is 0.235. The molecule has 1 aliphatic rings. The highest BCUT2D eigenvalue weighted by Crippen LogP contribution is 2.28. The predicted molar refractivity (Wildman–Crippen MR) is 101 cm³/mol. The van der Waals surface area contributed by atoms with Gasteiger partial charge in [0.2, 0.25) is 0 Å². The highest BCUT2D eigenvalue weighted by atomic mass is 16.2. The molecule has 11 nitrogen and oxygen atoms in total. The molecule has 0 saturated carbocycles. The standard InChI is InChI=1S/C17H17N9O2/c1-24-6-9(4-19-24)11-5-20-26-10(3-18)2-14(22-15(11)26)25-7-12-13(8-25)21-17(28)23-16(12)27/h2,4-6H,3,7-8,18H2,1H3,(H2,21,23,27,28). The van der Waals surface area contributed by atoms with E-state index in [0.29, 0.717) is 35.8 Å². The maximum absolute atomic E-state index is 12.1. The van der Waals surface area contributed by atoms with Crippen LogP contribution in [0.2, 0.25) is 0 Å². The largest absolute Gasteiger partial charge is 0.346 e. The van der Waals surface area contributed by atoms with Crippen molar-refractivity contribution in [2.75, 3.05) is 4.90 Å². The molecule has 0 amide bonds. The van der Waals surface area contributed by atoms with Gasteiger partial charge in [0.25, 0.3) is 5.56 Å². The van der Waals surface area contributed by atoms with E-state index in [4.69, 9.17) is 10.7 Å². The number of aromatic amines is 2. The third-order valence-corrected chi connectivity index (χ3v) is 4.91. The van der Waals surface area contributed by atoms with Gasteiger partial charge in [-0.1, -0.05) is 0 Å². The Labute approximate surface area is 157 Å². The minimum absolute atomic E-state index is 0.276. The summed E-state index contributed by atoms with van der Waals surface area (Å²) in [6, 6.07) is 1.85. The average molecular weight is 379 g/mol. The number of nitrogens with two attached hydrogens (primary N) is 1. The van der Waals surface area contributed by atoms with Crippen molar-refractivity contribution in [3.05, 3.63) is 62.4 Å². The minimum atomic E-state index is -0.508. The molecule has 0 spiro atoms. The Hall–Kier alpha value is -3.73. The van der Waals surface area contributed by atoms with Crippen LogP contribution in [0.15, 0.2) is 34.2 Å². The van der Waals surface area contributed by atoms with Gasteiger partial charge in [0.15, 0.2) is 5.65 Å². The highest BCUT2D eigenvalue weighted by Gasteiger charge is 2.25. The molecule has 0 radical (unpaired) electrons. The van der Waals surface area contributed by atoms with Gasteiger partial charge in [0.05, 0.1) is 36.7 Å². The van der Waals surface area contributed by atoms with Crippen LogP contribution in [-0.4, -0.2) is 34.3 Å². The summed E-state index contributed by atoms with van der Waals surface area (Å²) in [4.78, 5) is 35.3. The number of hydrogen-bond donors (Lipinski definition) is 3. The average Bonchev–Trinajstić information content (AvgIpc) is 3.38. The van der Waals surface area contributed by atoms with Gasteiger partial charge in [-0.2, -0.15) is 10.2 Å². The zero-order valence-electron chi connectivity index (χ0n) is 15.0. The van der Waals surface area contributed by atoms with Crippen LogP contribution >= 0.6 is 0 Å². The molecule has 0 unspecified atom stereocenters. The first-order chi connectivity index (χ1) is 13.5. The van der Waals surface area contributed by atoms with Crippen LogP contribution in [0, 0.1) is 0 Å². The van der Waals surface area contributed by atoms with Gasteiger partial charge in [-0.05, 0) is 0 Å². The van der Waals surface area contributed by atoms with Crippen LogP contribution in [0.5, 0.6) is 0 Å². The topological polar surface area (TPSA) is 143 Å². The number of nitrogens with zero attached hydrogens (tertiary/aromatic N) is 6. The molecule has 142 valence electrons. The molecule has 0 bridgehead atoms. The van der Waals surface area contributed by atoms with Gasteiger partial charge in [0, 0.05) is 42.7 Å². The van der Waals surface area contributed by atoms with Gasteiger partial charge in [-0.25, -0.2) is 14.3 Å². The molecule has 4 N–H and O–H groups in total. The summed E-state index contributed by atoms with van der Waals surface area (Å²) in [6.07, 6.45) is 5.39. The molecule has 4 aromatic heterocycles. The maximum atomic E-state index is 12.1. The first-order valence-corrected chi connectivity index (χ1v) is 8.69. The lowest BCUT2D eigenvalue weighted by Crippen LogP contribution is -2.25. The number of aromatic nitrogens is 7. The summed E-state index contributed by atoms with van der Waals surface area (Å²) in [6.45, 7) is 1.02. The van der Waals surface area contributed by atoms with Gasteiger partial charge in [0.1, 0.15) is 5.82 Å². The van der Waals surface area contributed by atoms with Crippen LogP contribution in [-0.2, 0) is 26.7 Å². The minimum Gasteiger partial charge on any atom is -0.346 e. The third-order valence-electron chi connectivity index (χ3n) is 4.91. The number of H-pyrrole nitrogens is 2. The van der Waals surface area contributed by atoms with E-state index < -0.39 is 5.69 Å². The predicted octanol–water partition coefficient (Wildman–Crippen LogP) is -0.515. The fourth-order valence-electron chi connectivity index (χ4n) is 3.54. The summed E-state index contributed by atoms with van der Waals surface area (Å²) >= 11 is 0. The Morgan fingerprint density at radius 2 is 2.04 bits per heavy atom. The number of nitrogens with one attached hydrogen (secondary N) is 2. The Balaban J connectivity index is 1.64. The summed E-state index contributed by atoms with van der Waals surface area (Å²) < 4.78 is 3.43. The Kier molecular flexibility index (Phi) is 3.46. The van der Waals surface area contributed by atoms with Crippen molar-refractivity contribution in [2.24, 2.45) is 12.8 Å². The molecule has 5 rings (SSSR count). The third kappa shape index (κ3) is 2.44. The quantitative estimate of drug-likeness (QED) is 0.435. The van der Waals surface area contributed by atoms with E-state index in [2.05, 4.69) is 20.2 Å². The van der Waals surface area contributed by atoms with E-state index in [9.17, 15) is 9.59 Å². The van der Waals surface area contributed by atoms with Crippen molar-refractivity contribution in [3.8, 4) is 11.1 Å². The van der Waals surface area contributed by atoms with E-state index in [1.54, 1.807) is 21.6 Å². The summed E-state index contributed by atoms with van der Waals surface area (Å²) in [5, 5.41) is 8.64. The van der Waals surface area contributed by atoms with E-state index in [1.165, 1.54) is 0 Å². The lowest BCUT2D eigenvalue weighted by molar-refractivity contribution is 0.768. The molecular formula is C17H17N9O2. The molecule has 1 aliphatic heterocycles. The van der Waals surface area contributed by atoms with E-state index in [1.807, 2.05) is 24.2 Å². The molecular weight excluding hydrogens is 362 g/mol. The number of anilines is 1. The van der Waals surface area contributed by atoms with Crippen molar-refractivity contribution < 1.29 is 0 Å². The molecule has 0 aromatic carbocycles. The number of fused-ring (bicyclic) bond motifs is 2. The smallest absolute Gasteiger partial charge is 0.325 e. The molecule has 5 heterocycles. The zero-order chi connectivity index (χ0) is 19.4. The number of rotatable bonds is 3. The fourth-order valence-corrected chi connectivity index (χ4v) is 3.54. The van der Waals surface area contributed by atoms with Crippen LogP contribution in [0.25, 0.3) is 16.8 Å². The van der Waals surface area contributed by atoms with Gasteiger partial charge >= 0.3 is 5.69 Å². The summed E-state index contributed by atoms with van der Waals surface area (Å²) in [7, 11) is 1.85. The van der Waals surface area contributed by atoms with Gasteiger partial charge in [-0.15, -0.1) is 0 Å². The summed E-state index contributed by atoms with van der Waals surface area (Å²) in [5.41, 5.74) is 9.38. The van der Waals surface area contributed by atoms with Crippen LogP contribution in [0.3, 0.4) is 0 Å². The van der Waals surface area contributed by atoms with E-state index >= 15 is 0 Å². The van der Waals surface area contributed by atoms with Crippen molar-refractivity contribution in [1.29, 1.82) is 0 Å². The molecule has 0 aliphatic carbocycles. The molecule has 28 heavy (non-hydrogen) atoms. The SMILES string of the molecule is Cn1cc(-c2cnn3c(CN)cc(N4Cc5[nH]c(=O)[nH]c(=O)c5C4)nc23)cn1. The lowest BCUT2D eigenvalue weighted by Gasteiger charge is -2.17. The molecule has 0 saturated heterocycles. The second-order valence-corrected chi connectivity index (χ2v) is 6.73. The van der Waals surface area contributed by atoms with Crippen molar-refractivity contribution in [3.63, 3.8) is 0 Å². The molecule has 0 atom stereocenters. The Morgan fingerprint density at radius 1 is 1.18 bits per heavy atom. The Bertz CT molecular complexity index is 1330. The van der Waals surface area contributed by atoms with Crippen molar-refractivity contribution in [2.45, 2.75) is 19.6 Å². The normalized spacial score (nSPS) is 13.4. The van der Waals surface area contributed by atoms with Crippen molar-refractivity contribution in [1.82, 2.24) is 34.3 Å².